The Morgan fingerprint density at radius 1 is 1.47 bits per heavy atom. The van der Waals surface area contributed by atoms with Gasteiger partial charge in [-0.25, -0.2) is 0 Å². The van der Waals surface area contributed by atoms with Crippen LogP contribution < -0.4 is 10.1 Å². The van der Waals surface area contributed by atoms with E-state index in [1.54, 1.807) is 31.2 Å². The molecule has 0 bridgehead atoms. The van der Waals surface area contributed by atoms with Gasteiger partial charge in [0.1, 0.15) is 5.75 Å². The third-order valence-corrected chi connectivity index (χ3v) is 2.92. The lowest BCUT2D eigenvalue weighted by Crippen LogP contribution is -2.49. The number of nitriles is 1. The molecule has 0 aliphatic rings. The summed E-state index contributed by atoms with van der Waals surface area (Å²) in [6.45, 7) is 3.41. The average molecular weight is 262 g/mol. The van der Waals surface area contributed by atoms with Crippen LogP contribution in [0, 0.1) is 11.3 Å². The van der Waals surface area contributed by atoms with Gasteiger partial charge in [0.2, 0.25) is 0 Å². The molecule has 0 fully saturated rings. The zero-order chi connectivity index (χ0) is 14.3. The highest BCUT2D eigenvalue weighted by Crippen LogP contribution is 2.12. The van der Waals surface area contributed by atoms with Crippen LogP contribution in [0.5, 0.6) is 5.75 Å². The Labute approximate surface area is 112 Å². The second-order valence-corrected chi connectivity index (χ2v) is 4.55. The number of carbonyl (C=O) groups excluding carboxylic acids is 1. The van der Waals surface area contributed by atoms with Crippen molar-refractivity contribution in [3.05, 3.63) is 29.8 Å². The van der Waals surface area contributed by atoms with E-state index in [4.69, 9.17) is 10.00 Å². The van der Waals surface area contributed by atoms with Crippen LogP contribution in [0.2, 0.25) is 0 Å². The number of aliphatic hydroxyl groups is 1. The quantitative estimate of drug-likeness (QED) is 0.807. The van der Waals surface area contributed by atoms with E-state index in [9.17, 15) is 9.90 Å². The van der Waals surface area contributed by atoms with E-state index < -0.39 is 5.54 Å². The predicted molar refractivity (Wildman–Crippen MR) is 70.6 cm³/mol. The molecule has 1 rings (SSSR count). The van der Waals surface area contributed by atoms with Crippen molar-refractivity contribution in [3.63, 3.8) is 0 Å². The minimum absolute atomic E-state index is 0.119. The second-order valence-electron chi connectivity index (χ2n) is 4.55. The number of hydrogen-bond acceptors (Lipinski definition) is 4. The Kier molecular flexibility index (Phi) is 5.34. The van der Waals surface area contributed by atoms with E-state index >= 15 is 0 Å². The van der Waals surface area contributed by atoms with Gasteiger partial charge in [0.15, 0.2) is 6.61 Å². The molecule has 0 heterocycles. The number of hydrogen-bond donors (Lipinski definition) is 2. The largest absolute Gasteiger partial charge is 0.484 e. The third kappa shape index (κ3) is 4.60. The Bertz CT molecular complexity index is 459. The van der Waals surface area contributed by atoms with Gasteiger partial charge in [-0.3, -0.25) is 4.79 Å². The van der Waals surface area contributed by atoms with Gasteiger partial charge in [-0.15, -0.1) is 0 Å². The molecule has 0 aliphatic carbocycles. The number of amides is 1. The smallest absolute Gasteiger partial charge is 0.258 e. The maximum absolute atomic E-state index is 11.7. The molecule has 102 valence electrons. The highest BCUT2D eigenvalue weighted by atomic mass is 16.5. The first kappa shape index (κ1) is 15.0. The molecule has 19 heavy (non-hydrogen) atoms. The molecule has 1 unspecified atom stereocenters. The monoisotopic (exact) mass is 262 g/mol. The maximum Gasteiger partial charge on any atom is 0.258 e. The van der Waals surface area contributed by atoms with Gasteiger partial charge in [0, 0.05) is 0 Å². The van der Waals surface area contributed by atoms with Crippen LogP contribution in [0.3, 0.4) is 0 Å². The zero-order valence-corrected chi connectivity index (χ0v) is 11.1. The highest BCUT2D eigenvalue weighted by Gasteiger charge is 2.23. The van der Waals surface area contributed by atoms with Crippen LogP contribution >= 0.6 is 0 Å². The van der Waals surface area contributed by atoms with Crippen molar-refractivity contribution < 1.29 is 14.6 Å². The minimum Gasteiger partial charge on any atom is -0.484 e. The van der Waals surface area contributed by atoms with Crippen LogP contribution in [0.15, 0.2) is 24.3 Å². The summed E-state index contributed by atoms with van der Waals surface area (Å²) >= 11 is 0. The van der Waals surface area contributed by atoms with Crippen molar-refractivity contribution in [1.82, 2.24) is 5.32 Å². The van der Waals surface area contributed by atoms with Crippen molar-refractivity contribution in [3.8, 4) is 11.8 Å². The zero-order valence-electron chi connectivity index (χ0n) is 11.1. The molecular weight excluding hydrogens is 244 g/mol. The Hall–Kier alpha value is -2.06. The summed E-state index contributed by atoms with van der Waals surface area (Å²) in [7, 11) is 0. The lowest BCUT2D eigenvalue weighted by molar-refractivity contribution is -0.125. The summed E-state index contributed by atoms with van der Waals surface area (Å²) in [5.41, 5.74) is -0.0823. The molecule has 1 amide bonds. The Morgan fingerprint density at radius 3 is 2.58 bits per heavy atom. The van der Waals surface area contributed by atoms with Crippen molar-refractivity contribution >= 4 is 5.91 Å². The summed E-state index contributed by atoms with van der Waals surface area (Å²) in [4.78, 5) is 11.7. The van der Waals surface area contributed by atoms with E-state index in [2.05, 4.69) is 5.32 Å². The molecule has 0 radical (unpaired) electrons. The number of aliphatic hydroxyl groups excluding tert-OH is 1. The highest BCUT2D eigenvalue weighted by molar-refractivity contribution is 5.78. The van der Waals surface area contributed by atoms with Gasteiger partial charge >= 0.3 is 0 Å². The standard InChI is InChI=1S/C14H18N2O3/c1-3-14(2,10-17)16-13(18)9-19-12-6-4-11(8-15)5-7-12/h4-7,17H,3,9-10H2,1-2H3,(H,16,18). The van der Waals surface area contributed by atoms with Crippen molar-refractivity contribution in [1.29, 1.82) is 5.26 Å². The van der Waals surface area contributed by atoms with Crippen molar-refractivity contribution in [2.24, 2.45) is 0 Å². The van der Waals surface area contributed by atoms with Crippen LogP contribution in [0.25, 0.3) is 0 Å². The summed E-state index contributed by atoms with van der Waals surface area (Å²) in [6, 6.07) is 8.52. The molecule has 1 aromatic rings. The summed E-state index contributed by atoms with van der Waals surface area (Å²) in [5.74, 6) is 0.235. The first-order valence-electron chi connectivity index (χ1n) is 6.08. The molecule has 0 aromatic heterocycles. The van der Waals surface area contributed by atoms with Gasteiger partial charge < -0.3 is 15.2 Å². The van der Waals surface area contributed by atoms with Gasteiger partial charge in [0.25, 0.3) is 5.91 Å². The first-order chi connectivity index (χ1) is 9.03. The van der Waals surface area contributed by atoms with Crippen LogP contribution in [-0.4, -0.2) is 29.8 Å². The predicted octanol–water partition coefficient (Wildman–Crippen LogP) is 1.21. The van der Waals surface area contributed by atoms with Crippen molar-refractivity contribution in [2.45, 2.75) is 25.8 Å². The number of carbonyl (C=O) groups is 1. The van der Waals surface area contributed by atoms with E-state index in [0.29, 0.717) is 17.7 Å². The van der Waals surface area contributed by atoms with Gasteiger partial charge in [0.05, 0.1) is 23.8 Å². The Balaban J connectivity index is 2.48. The number of rotatable bonds is 6. The number of nitrogens with zero attached hydrogens (tertiary/aromatic N) is 1. The summed E-state index contributed by atoms with van der Waals surface area (Å²) < 4.78 is 5.30. The molecule has 0 aliphatic heterocycles. The third-order valence-electron chi connectivity index (χ3n) is 2.92. The molecule has 0 saturated carbocycles. The van der Waals surface area contributed by atoms with Crippen LogP contribution in [-0.2, 0) is 4.79 Å². The number of nitrogens with one attached hydrogen (secondary N) is 1. The number of benzene rings is 1. The van der Waals surface area contributed by atoms with Gasteiger partial charge in [-0.05, 0) is 37.6 Å². The molecule has 1 atom stereocenters. The average Bonchev–Trinajstić information content (AvgIpc) is 2.45. The Morgan fingerprint density at radius 2 is 2.11 bits per heavy atom. The fourth-order valence-corrected chi connectivity index (χ4v) is 1.39. The molecule has 0 saturated heterocycles. The normalized spacial score (nSPS) is 13.2. The lowest BCUT2D eigenvalue weighted by atomic mass is 10.0. The SMILES string of the molecule is CCC(C)(CO)NC(=O)COc1ccc(C#N)cc1. The van der Waals surface area contributed by atoms with Crippen LogP contribution in [0.1, 0.15) is 25.8 Å². The van der Waals surface area contributed by atoms with E-state index in [1.165, 1.54) is 0 Å². The van der Waals surface area contributed by atoms with E-state index in [1.807, 2.05) is 13.0 Å². The summed E-state index contributed by atoms with van der Waals surface area (Å²) in [6.07, 6.45) is 0.631. The molecular formula is C14H18N2O3. The molecule has 0 spiro atoms. The topological polar surface area (TPSA) is 82.3 Å². The van der Waals surface area contributed by atoms with Crippen LogP contribution in [0.4, 0.5) is 0 Å². The molecule has 5 heteroatoms. The minimum atomic E-state index is -0.620. The number of ether oxygens (including phenoxy) is 1. The lowest BCUT2D eigenvalue weighted by Gasteiger charge is -2.27. The first-order valence-corrected chi connectivity index (χ1v) is 6.08. The molecule has 5 nitrogen and oxygen atoms in total. The molecule has 1 aromatic carbocycles. The summed E-state index contributed by atoms with van der Waals surface area (Å²) in [5, 5.41) is 20.6. The maximum atomic E-state index is 11.7. The van der Waals surface area contributed by atoms with Gasteiger partial charge in [-0.1, -0.05) is 6.92 Å². The van der Waals surface area contributed by atoms with Crippen molar-refractivity contribution in [2.75, 3.05) is 13.2 Å². The second kappa shape index (κ2) is 6.76. The molecule has 2 N–H and O–H groups in total. The fraction of sp³-hybridized carbons (Fsp3) is 0.429. The van der Waals surface area contributed by atoms with E-state index in [0.717, 1.165) is 0 Å². The fourth-order valence-electron chi connectivity index (χ4n) is 1.39. The van der Waals surface area contributed by atoms with Gasteiger partial charge in [-0.2, -0.15) is 5.26 Å². The van der Waals surface area contributed by atoms with E-state index in [-0.39, 0.29) is 19.1 Å².